The van der Waals surface area contributed by atoms with Gasteiger partial charge in [-0.15, -0.1) is 0 Å². The number of hydrogen-bond donors (Lipinski definition) is 0. The molecule has 228 valence electrons. The lowest BCUT2D eigenvalue weighted by Crippen LogP contribution is -2.41. The lowest BCUT2D eigenvalue weighted by molar-refractivity contribution is -0.133. The van der Waals surface area contributed by atoms with Crippen LogP contribution in [0, 0.1) is 0 Å². The van der Waals surface area contributed by atoms with Gasteiger partial charge in [-0.3, -0.25) is 19.2 Å². The third-order valence-corrected chi connectivity index (χ3v) is 6.17. The highest BCUT2D eigenvalue weighted by molar-refractivity contribution is 5.92. The lowest BCUT2D eigenvalue weighted by atomic mass is 9.87. The maximum atomic E-state index is 13.4. The van der Waals surface area contributed by atoms with E-state index in [9.17, 15) is 28.8 Å². The molecule has 3 aromatic rings. The summed E-state index contributed by atoms with van der Waals surface area (Å²) in [5.41, 5.74) is 1.59. The van der Waals surface area contributed by atoms with E-state index in [0.29, 0.717) is 0 Å². The van der Waals surface area contributed by atoms with Crippen LogP contribution in [0.3, 0.4) is 0 Å². The Balaban J connectivity index is 1.63. The number of ether oxygens (including phenoxy) is 6. The fourth-order valence-electron chi connectivity index (χ4n) is 4.58. The molecule has 0 radical (unpaired) electrons. The minimum absolute atomic E-state index is 0.0450. The number of carbonyl (C=O) groups is 6. The first-order chi connectivity index (χ1) is 20.9. The zero-order chi connectivity index (χ0) is 32.0. The minimum atomic E-state index is -0.958. The van der Waals surface area contributed by atoms with Crippen molar-refractivity contribution in [1.29, 1.82) is 0 Å². The quantitative estimate of drug-likeness (QED) is 0.270. The molecule has 0 N–H and O–H groups in total. The van der Waals surface area contributed by atoms with Crippen LogP contribution < -0.4 is 18.9 Å². The van der Waals surface area contributed by atoms with Gasteiger partial charge >= 0.3 is 35.8 Å². The fourth-order valence-corrected chi connectivity index (χ4v) is 4.58. The minimum Gasteiger partial charge on any atom is -0.454 e. The molecule has 1 aliphatic carbocycles. The van der Waals surface area contributed by atoms with E-state index in [-0.39, 0.29) is 47.0 Å². The molecule has 1 aliphatic rings. The van der Waals surface area contributed by atoms with E-state index in [0.717, 1.165) is 11.1 Å². The summed E-state index contributed by atoms with van der Waals surface area (Å²) in [7, 11) is 0. The number of fused-ring (bicyclic) bond motifs is 1. The Morgan fingerprint density at radius 2 is 0.795 bits per heavy atom. The number of benzene rings is 3. The Morgan fingerprint density at radius 1 is 0.500 bits per heavy atom. The Labute approximate surface area is 251 Å². The molecular formula is C32H28O12. The van der Waals surface area contributed by atoms with Gasteiger partial charge in [-0.05, 0) is 35.4 Å². The first kappa shape index (κ1) is 31.4. The predicted molar refractivity (Wildman–Crippen MR) is 150 cm³/mol. The van der Waals surface area contributed by atoms with Crippen molar-refractivity contribution in [1.82, 2.24) is 0 Å². The van der Waals surface area contributed by atoms with Crippen LogP contribution in [0.15, 0.2) is 60.7 Å². The maximum absolute atomic E-state index is 13.4. The van der Waals surface area contributed by atoms with Gasteiger partial charge in [0.15, 0.2) is 0 Å². The summed E-state index contributed by atoms with van der Waals surface area (Å²) in [6.07, 6.45) is -1.51. The zero-order valence-electron chi connectivity index (χ0n) is 24.2. The molecule has 0 heterocycles. The Hall–Kier alpha value is -5.52. The number of hydrogen-bond acceptors (Lipinski definition) is 12. The lowest BCUT2D eigenvalue weighted by Gasteiger charge is -2.32. The van der Waals surface area contributed by atoms with Gasteiger partial charge in [0.1, 0.15) is 35.2 Å². The van der Waals surface area contributed by atoms with E-state index in [1.54, 1.807) is 0 Å². The molecule has 0 unspecified atom stereocenters. The molecule has 4 rings (SSSR count). The second-order valence-electron chi connectivity index (χ2n) is 9.83. The molecule has 0 aliphatic heterocycles. The summed E-state index contributed by atoms with van der Waals surface area (Å²) in [5.74, 6) is -4.52. The van der Waals surface area contributed by atoms with Gasteiger partial charge in [-0.25, -0.2) is 9.59 Å². The SMILES string of the molecule is CC(=O)Oc1cc(OC(C)=O)cc(C(=O)O[C@H]2Cc3ccccc3C[C@H]2OC(=O)c2cc(OC(C)=O)cc(OC(C)=O)c2)c1. The summed E-state index contributed by atoms with van der Waals surface area (Å²) in [5, 5.41) is 0. The van der Waals surface area contributed by atoms with Crippen molar-refractivity contribution in [2.45, 2.75) is 52.7 Å². The van der Waals surface area contributed by atoms with E-state index in [2.05, 4.69) is 0 Å². The van der Waals surface area contributed by atoms with Crippen molar-refractivity contribution in [2.75, 3.05) is 0 Å². The Bertz CT molecular complexity index is 1450. The number of carbonyl (C=O) groups excluding carboxylic acids is 6. The molecule has 0 spiro atoms. The normalized spacial score (nSPS) is 15.2. The van der Waals surface area contributed by atoms with Crippen molar-refractivity contribution in [3.05, 3.63) is 82.9 Å². The van der Waals surface area contributed by atoms with Crippen LogP contribution >= 0.6 is 0 Å². The molecule has 2 atom stereocenters. The van der Waals surface area contributed by atoms with Gasteiger partial charge < -0.3 is 28.4 Å². The standard InChI is InChI=1S/C32H28O12/c1-17(33)39-25-9-23(10-26(15-25)40-18(2)34)31(37)43-29-13-21-7-5-6-8-22(21)14-30(29)44-32(38)24-11-27(41-19(3)35)16-28(12-24)42-20(4)36/h5-12,15-16,29-30H,13-14H2,1-4H3/t29-,30+. The third-order valence-electron chi connectivity index (χ3n) is 6.17. The molecule has 12 heteroatoms. The highest BCUT2D eigenvalue weighted by Crippen LogP contribution is 2.30. The van der Waals surface area contributed by atoms with E-state index < -0.39 is 48.0 Å². The first-order valence-corrected chi connectivity index (χ1v) is 13.4. The smallest absolute Gasteiger partial charge is 0.338 e. The van der Waals surface area contributed by atoms with Gasteiger partial charge in [0.25, 0.3) is 0 Å². The zero-order valence-corrected chi connectivity index (χ0v) is 24.2. The molecule has 3 aromatic carbocycles. The molecule has 0 fully saturated rings. The summed E-state index contributed by atoms with van der Waals surface area (Å²) in [6, 6.07) is 15.0. The molecule has 0 saturated heterocycles. The van der Waals surface area contributed by atoms with E-state index >= 15 is 0 Å². The molecule has 0 aromatic heterocycles. The number of rotatable bonds is 8. The fraction of sp³-hybridized carbons (Fsp3) is 0.250. The highest BCUT2D eigenvalue weighted by atomic mass is 16.6. The molecule has 0 amide bonds. The van der Waals surface area contributed by atoms with E-state index in [4.69, 9.17) is 28.4 Å². The van der Waals surface area contributed by atoms with Crippen molar-refractivity contribution in [3.63, 3.8) is 0 Å². The Kier molecular flexibility index (Phi) is 9.74. The van der Waals surface area contributed by atoms with Gasteiger partial charge in [-0.2, -0.15) is 0 Å². The van der Waals surface area contributed by atoms with Crippen LogP contribution in [-0.4, -0.2) is 48.0 Å². The summed E-state index contributed by atoms with van der Waals surface area (Å²) >= 11 is 0. The van der Waals surface area contributed by atoms with Crippen LogP contribution in [0.1, 0.15) is 59.5 Å². The molecule has 44 heavy (non-hydrogen) atoms. The van der Waals surface area contributed by atoms with E-state index in [1.165, 1.54) is 64.1 Å². The summed E-state index contributed by atoms with van der Waals surface area (Å²) < 4.78 is 32.0. The molecule has 0 saturated carbocycles. The van der Waals surface area contributed by atoms with Crippen molar-refractivity contribution in [2.24, 2.45) is 0 Å². The molecule has 12 nitrogen and oxygen atoms in total. The van der Waals surface area contributed by atoms with Crippen molar-refractivity contribution < 1.29 is 57.2 Å². The van der Waals surface area contributed by atoms with Crippen LogP contribution in [0.25, 0.3) is 0 Å². The number of esters is 6. The third kappa shape index (κ3) is 8.51. The van der Waals surface area contributed by atoms with Crippen LogP contribution in [0.2, 0.25) is 0 Å². The monoisotopic (exact) mass is 604 g/mol. The van der Waals surface area contributed by atoms with Gasteiger partial charge in [-0.1, -0.05) is 24.3 Å². The summed E-state index contributed by atoms with van der Waals surface area (Å²) in [6.45, 7) is 4.69. The van der Waals surface area contributed by atoms with Crippen LogP contribution in [-0.2, 0) is 41.5 Å². The van der Waals surface area contributed by atoms with Gasteiger partial charge in [0.05, 0.1) is 11.1 Å². The summed E-state index contributed by atoms with van der Waals surface area (Å²) in [4.78, 5) is 72.8. The highest BCUT2D eigenvalue weighted by Gasteiger charge is 2.35. The average molecular weight is 605 g/mol. The van der Waals surface area contributed by atoms with Crippen LogP contribution in [0.4, 0.5) is 0 Å². The van der Waals surface area contributed by atoms with Crippen molar-refractivity contribution >= 4 is 35.8 Å². The second kappa shape index (κ2) is 13.6. The predicted octanol–water partition coefficient (Wildman–Crippen LogP) is 3.94. The molecule has 0 bridgehead atoms. The second-order valence-corrected chi connectivity index (χ2v) is 9.83. The van der Waals surface area contributed by atoms with Crippen LogP contribution in [0.5, 0.6) is 23.0 Å². The first-order valence-electron chi connectivity index (χ1n) is 13.4. The van der Waals surface area contributed by atoms with Gasteiger partial charge in [0.2, 0.25) is 0 Å². The van der Waals surface area contributed by atoms with Gasteiger partial charge in [0, 0.05) is 52.7 Å². The largest absolute Gasteiger partial charge is 0.454 e. The topological polar surface area (TPSA) is 158 Å². The van der Waals surface area contributed by atoms with Crippen molar-refractivity contribution in [3.8, 4) is 23.0 Å². The maximum Gasteiger partial charge on any atom is 0.338 e. The van der Waals surface area contributed by atoms with E-state index in [1.807, 2.05) is 24.3 Å². The average Bonchev–Trinajstić information content (AvgIpc) is 2.91. The Morgan fingerprint density at radius 3 is 1.07 bits per heavy atom. The molecular weight excluding hydrogens is 576 g/mol.